The van der Waals surface area contributed by atoms with Crippen LogP contribution in [-0.4, -0.2) is 10.9 Å². The van der Waals surface area contributed by atoms with E-state index in [4.69, 9.17) is 19.6 Å². The number of nitrogens with two attached hydrogens (primary N) is 1. The number of hydrogen-bond donors (Lipinski definition) is 1. The van der Waals surface area contributed by atoms with Crippen LogP contribution in [0.2, 0.25) is 0 Å². The lowest BCUT2D eigenvalue weighted by Gasteiger charge is -2.26. The summed E-state index contributed by atoms with van der Waals surface area (Å²) in [5, 5.41) is 21.6. The number of allylic oxidation sites excluding steroid dienone is 1. The lowest BCUT2D eigenvalue weighted by Crippen LogP contribution is -2.21. The Morgan fingerprint density at radius 1 is 1.16 bits per heavy atom. The molecular formula is C28H21N3O6. The summed E-state index contributed by atoms with van der Waals surface area (Å²) in [6, 6.07) is 18.5. The molecule has 0 radical (unpaired) electrons. The fraction of sp³-hybridized carbons (Fsp3) is 0.143. The van der Waals surface area contributed by atoms with Gasteiger partial charge in [0.25, 0.3) is 5.69 Å². The summed E-state index contributed by atoms with van der Waals surface area (Å²) in [6.45, 7) is 3.86. The Labute approximate surface area is 211 Å². The maximum absolute atomic E-state index is 13.0. The maximum Gasteiger partial charge on any atom is 0.379 e. The SMILES string of the molecule is CCc1ccc2oc(C(=O)Oc3ccc4c(c3)OC(N)=C(C#N)C4c3ccc([N+](=O)[O-])cc3)c(C)c2c1. The zero-order valence-electron chi connectivity index (χ0n) is 20.0. The van der Waals surface area contributed by atoms with E-state index in [0.29, 0.717) is 28.0 Å². The zero-order valence-corrected chi connectivity index (χ0v) is 20.0. The van der Waals surface area contributed by atoms with Crippen molar-refractivity contribution >= 4 is 22.6 Å². The van der Waals surface area contributed by atoms with Crippen LogP contribution in [0.15, 0.2) is 76.5 Å². The molecule has 0 amide bonds. The third kappa shape index (κ3) is 4.15. The summed E-state index contributed by atoms with van der Waals surface area (Å²) in [4.78, 5) is 23.5. The van der Waals surface area contributed by atoms with Crippen molar-refractivity contribution in [3.8, 4) is 17.6 Å². The number of nitriles is 1. The number of hydrogen-bond acceptors (Lipinski definition) is 8. The molecule has 2 N–H and O–H groups in total. The zero-order chi connectivity index (χ0) is 26.3. The Bertz CT molecular complexity index is 1640. The van der Waals surface area contributed by atoms with E-state index in [-0.39, 0.29) is 28.7 Å². The van der Waals surface area contributed by atoms with Gasteiger partial charge >= 0.3 is 5.97 Å². The van der Waals surface area contributed by atoms with Crippen LogP contribution in [0.3, 0.4) is 0 Å². The minimum atomic E-state index is -0.657. The minimum absolute atomic E-state index is 0.0689. The van der Waals surface area contributed by atoms with Crippen LogP contribution in [0.1, 0.15) is 45.7 Å². The quantitative estimate of drug-likeness (QED) is 0.162. The van der Waals surface area contributed by atoms with Gasteiger partial charge in [0, 0.05) is 34.7 Å². The normalized spacial score (nSPS) is 14.6. The van der Waals surface area contributed by atoms with Gasteiger partial charge in [-0.25, -0.2) is 4.79 Å². The molecule has 1 aliphatic heterocycles. The van der Waals surface area contributed by atoms with Crippen molar-refractivity contribution in [1.82, 2.24) is 0 Å². The summed E-state index contributed by atoms with van der Waals surface area (Å²) in [6.07, 6.45) is 0.863. The molecule has 1 unspecified atom stereocenters. The molecule has 184 valence electrons. The molecule has 1 aromatic heterocycles. The highest BCUT2D eigenvalue weighted by molar-refractivity contribution is 5.97. The number of carbonyl (C=O) groups excluding carboxylic acids is 1. The van der Waals surface area contributed by atoms with Crippen molar-refractivity contribution in [3.05, 3.63) is 110 Å². The van der Waals surface area contributed by atoms with Crippen LogP contribution in [0.25, 0.3) is 11.0 Å². The molecule has 1 atom stereocenters. The van der Waals surface area contributed by atoms with Gasteiger partial charge in [-0.05, 0) is 42.7 Å². The van der Waals surface area contributed by atoms with E-state index in [1.165, 1.54) is 18.2 Å². The monoisotopic (exact) mass is 495 g/mol. The van der Waals surface area contributed by atoms with Crippen LogP contribution in [-0.2, 0) is 6.42 Å². The number of furan rings is 1. The first-order valence-corrected chi connectivity index (χ1v) is 11.5. The molecule has 0 saturated carbocycles. The van der Waals surface area contributed by atoms with Gasteiger partial charge < -0.3 is 19.6 Å². The molecule has 0 spiro atoms. The third-order valence-electron chi connectivity index (χ3n) is 6.43. The number of nitro benzene ring substituents is 1. The molecule has 0 saturated heterocycles. The van der Waals surface area contributed by atoms with E-state index in [9.17, 15) is 20.2 Å². The van der Waals surface area contributed by atoms with Gasteiger partial charge in [-0.3, -0.25) is 10.1 Å². The van der Waals surface area contributed by atoms with E-state index in [0.717, 1.165) is 17.4 Å². The van der Waals surface area contributed by atoms with Gasteiger partial charge in [-0.1, -0.05) is 31.2 Å². The Kier molecular flexibility index (Phi) is 5.85. The van der Waals surface area contributed by atoms with E-state index in [1.807, 2.05) is 25.1 Å². The largest absolute Gasteiger partial charge is 0.449 e. The summed E-state index contributed by atoms with van der Waals surface area (Å²) < 4.78 is 17.1. The van der Waals surface area contributed by atoms with Crippen molar-refractivity contribution in [2.75, 3.05) is 0 Å². The molecule has 0 fully saturated rings. The number of nitro groups is 1. The standard InChI is InChI=1S/C28H21N3O6/c1-3-16-4-11-23-21(12-16)15(2)26(36-23)28(32)35-19-9-10-20-24(13-19)37-27(30)22(14-29)25(20)17-5-7-18(8-6-17)31(33)34/h4-13,25H,3,30H2,1-2H3. The third-order valence-corrected chi connectivity index (χ3v) is 6.43. The van der Waals surface area contributed by atoms with Gasteiger partial charge in [0.05, 0.1) is 10.8 Å². The molecule has 37 heavy (non-hydrogen) atoms. The molecule has 0 aliphatic carbocycles. The Hall–Kier alpha value is -5.10. The summed E-state index contributed by atoms with van der Waals surface area (Å²) in [7, 11) is 0. The van der Waals surface area contributed by atoms with Crippen molar-refractivity contribution in [3.63, 3.8) is 0 Å². The number of aryl methyl sites for hydroxylation is 2. The molecule has 9 nitrogen and oxygen atoms in total. The number of esters is 1. The number of ether oxygens (including phenoxy) is 2. The summed E-state index contributed by atoms with van der Waals surface area (Å²) in [5.41, 5.74) is 9.80. The number of benzene rings is 3. The number of fused-ring (bicyclic) bond motifs is 2. The van der Waals surface area contributed by atoms with Crippen molar-refractivity contribution in [2.45, 2.75) is 26.2 Å². The second kappa shape index (κ2) is 9.17. The van der Waals surface area contributed by atoms with Gasteiger partial charge in [0.2, 0.25) is 11.6 Å². The molecule has 0 bridgehead atoms. The van der Waals surface area contributed by atoms with Crippen LogP contribution < -0.4 is 15.2 Å². The number of nitrogens with zero attached hydrogens (tertiary/aromatic N) is 2. The molecule has 5 rings (SSSR count). The predicted octanol–water partition coefficient (Wildman–Crippen LogP) is 5.65. The minimum Gasteiger partial charge on any atom is -0.449 e. The van der Waals surface area contributed by atoms with Gasteiger partial charge in [0.1, 0.15) is 28.7 Å². The average molecular weight is 495 g/mol. The van der Waals surface area contributed by atoms with Crippen molar-refractivity contribution in [2.24, 2.45) is 5.73 Å². The lowest BCUT2D eigenvalue weighted by molar-refractivity contribution is -0.384. The van der Waals surface area contributed by atoms with Crippen molar-refractivity contribution in [1.29, 1.82) is 5.26 Å². The van der Waals surface area contributed by atoms with Gasteiger partial charge in [0.15, 0.2) is 0 Å². The van der Waals surface area contributed by atoms with Crippen LogP contribution in [0.4, 0.5) is 5.69 Å². The predicted molar refractivity (Wildman–Crippen MR) is 134 cm³/mol. The topological polar surface area (TPSA) is 142 Å². The Morgan fingerprint density at radius 2 is 1.92 bits per heavy atom. The van der Waals surface area contributed by atoms with E-state index in [2.05, 4.69) is 13.0 Å². The highest BCUT2D eigenvalue weighted by Gasteiger charge is 2.31. The fourth-order valence-electron chi connectivity index (χ4n) is 4.47. The first-order chi connectivity index (χ1) is 17.8. The highest BCUT2D eigenvalue weighted by Crippen LogP contribution is 2.43. The van der Waals surface area contributed by atoms with Crippen molar-refractivity contribution < 1.29 is 23.6 Å². The molecule has 1 aliphatic rings. The molecule has 3 aromatic carbocycles. The molecular weight excluding hydrogens is 474 g/mol. The van der Waals surface area contributed by atoms with E-state index in [1.54, 1.807) is 24.3 Å². The summed E-state index contributed by atoms with van der Waals surface area (Å²) in [5.74, 6) is -0.744. The molecule has 2 heterocycles. The highest BCUT2D eigenvalue weighted by atomic mass is 16.6. The Morgan fingerprint density at radius 3 is 2.59 bits per heavy atom. The number of rotatable bonds is 5. The smallest absolute Gasteiger partial charge is 0.379 e. The maximum atomic E-state index is 13.0. The van der Waals surface area contributed by atoms with E-state index >= 15 is 0 Å². The second-order valence-corrected chi connectivity index (χ2v) is 8.60. The second-order valence-electron chi connectivity index (χ2n) is 8.60. The molecule has 4 aromatic rings. The van der Waals surface area contributed by atoms with Gasteiger partial charge in [-0.15, -0.1) is 0 Å². The van der Waals surface area contributed by atoms with Gasteiger partial charge in [-0.2, -0.15) is 5.26 Å². The van der Waals surface area contributed by atoms with Crippen LogP contribution >= 0.6 is 0 Å². The first-order valence-electron chi connectivity index (χ1n) is 11.5. The number of non-ortho nitro benzene ring substituents is 1. The number of carbonyl (C=O) groups is 1. The van der Waals surface area contributed by atoms with Crippen LogP contribution in [0.5, 0.6) is 11.5 Å². The first kappa shape index (κ1) is 23.6. The van der Waals surface area contributed by atoms with Crippen LogP contribution in [0, 0.1) is 28.4 Å². The molecule has 9 heteroatoms. The fourth-order valence-corrected chi connectivity index (χ4v) is 4.47. The summed E-state index contributed by atoms with van der Waals surface area (Å²) >= 11 is 0. The average Bonchev–Trinajstić information content (AvgIpc) is 3.23. The Balaban J connectivity index is 1.47. The lowest BCUT2D eigenvalue weighted by atomic mass is 9.83. The van der Waals surface area contributed by atoms with E-state index < -0.39 is 16.8 Å².